The van der Waals surface area contributed by atoms with Crippen LogP contribution in [-0.4, -0.2) is 22.9 Å². The number of aryl methyl sites for hydroxylation is 1. The van der Waals surface area contributed by atoms with Crippen molar-refractivity contribution in [1.29, 1.82) is 0 Å². The van der Waals surface area contributed by atoms with E-state index in [-0.39, 0.29) is 5.91 Å². The van der Waals surface area contributed by atoms with Crippen LogP contribution >= 0.6 is 0 Å². The van der Waals surface area contributed by atoms with E-state index < -0.39 is 0 Å². The summed E-state index contributed by atoms with van der Waals surface area (Å²) < 4.78 is 0. The molecule has 1 heterocycles. The summed E-state index contributed by atoms with van der Waals surface area (Å²) in [6.45, 7) is 2.69. The van der Waals surface area contributed by atoms with Gasteiger partial charge in [-0.05, 0) is 30.2 Å². The summed E-state index contributed by atoms with van der Waals surface area (Å²) in [7, 11) is 1.94. The lowest BCUT2D eigenvalue weighted by molar-refractivity contribution is 0.102. The number of nitrogens with one attached hydrogen (secondary N) is 1. The fourth-order valence-electron chi connectivity index (χ4n) is 2.54. The summed E-state index contributed by atoms with van der Waals surface area (Å²) in [4.78, 5) is 22.8. The van der Waals surface area contributed by atoms with Crippen LogP contribution in [0.25, 0.3) is 0 Å². The normalized spacial score (nSPS) is 10.3. The van der Waals surface area contributed by atoms with E-state index in [1.165, 1.54) is 11.9 Å². The van der Waals surface area contributed by atoms with Crippen molar-refractivity contribution in [2.75, 3.05) is 17.3 Å². The molecule has 3 aromatic rings. The number of benzene rings is 2. The molecule has 25 heavy (non-hydrogen) atoms. The average molecular weight is 332 g/mol. The van der Waals surface area contributed by atoms with Gasteiger partial charge in [-0.15, -0.1) is 0 Å². The molecule has 1 amide bonds. The molecule has 0 atom stereocenters. The van der Waals surface area contributed by atoms with Gasteiger partial charge in [-0.2, -0.15) is 0 Å². The molecule has 0 aliphatic carbocycles. The zero-order valence-corrected chi connectivity index (χ0v) is 14.3. The molecule has 0 spiro atoms. The second kappa shape index (κ2) is 7.57. The van der Waals surface area contributed by atoms with Crippen LogP contribution in [0.2, 0.25) is 0 Å². The van der Waals surface area contributed by atoms with Crippen molar-refractivity contribution in [1.82, 2.24) is 9.97 Å². The highest BCUT2D eigenvalue weighted by Crippen LogP contribution is 2.15. The zero-order valence-electron chi connectivity index (χ0n) is 14.3. The van der Waals surface area contributed by atoms with Crippen molar-refractivity contribution in [3.05, 3.63) is 83.8 Å². The fraction of sp³-hybridized carbons (Fsp3) is 0.150. The Hall–Kier alpha value is -3.21. The number of carbonyl (C=O) groups excluding carboxylic acids is 1. The lowest BCUT2D eigenvalue weighted by atomic mass is 10.2. The second-order valence-corrected chi connectivity index (χ2v) is 5.93. The Bertz CT molecular complexity index is 864. The average Bonchev–Trinajstić information content (AvgIpc) is 2.62. The first-order chi connectivity index (χ1) is 12.1. The number of hydrogen-bond acceptors (Lipinski definition) is 4. The summed E-state index contributed by atoms with van der Waals surface area (Å²) in [6.07, 6.45) is 1.42. The summed E-state index contributed by atoms with van der Waals surface area (Å²) in [5, 5.41) is 2.87. The molecule has 0 fully saturated rings. The van der Waals surface area contributed by atoms with E-state index in [9.17, 15) is 4.79 Å². The van der Waals surface area contributed by atoms with Gasteiger partial charge in [0.15, 0.2) is 0 Å². The van der Waals surface area contributed by atoms with Gasteiger partial charge in [-0.1, -0.05) is 42.5 Å². The van der Waals surface area contributed by atoms with E-state index in [1.54, 1.807) is 6.07 Å². The molecule has 0 unspecified atom stereocenters. The van der Waals surface area contributed by atoms with Crippen LogP contribution in [0.15, 0.2) is 67.0 Å². The number of nitrogens with zero attached hydrogens (tertiary/aromatic N) is 3. The number of aromatic nitrogens is 2. The first-order valence-electron chi connectivity index (χ1n) is 8.07. The quantitative estimate of drug-likeness (QED) is 0.774. The smallest absolute Gasteiger partial charge is 0.274 e. The zero-order chi connectivity index (χ0) is 17.6. The molecule has 126 valence electrons. The summed E-state index contributed by atoms with van der Waals surface area (Å²) in [5.41, 5.74) is 3.35. The van der Waals surface area contributed by atoms with Gasteiger partial charge in [0.25, 0.3) is 5.91 Å². The predicted octanol–water partition coefficient (Wildman–Crippen LogP) is 3.67. The first-order valence-corrected chi connectivity index (χ1v) is 8.07. The number of rotatable bonds is 5. The summed E-state index contributed by atoms with van der Waals surface area (Å²) in [5.74, 6) is 0.454. The van der Waals surface area contributed by atoms with E-state index in [4.69, 9.17) is 0 Å². The van der Waals surface area contributed by atoms with E-state index in [2.05, 4.69) is 27.4 Å². The first kappa shape index (κ1) is 16.6. The van der Waals surface area contributed by atoms with Gasteiger partial charge in [-0.25, -0.2) is 9.97 Å². The maximum Gasteiger partial charge on any atom is 0.274 e. The lowest BCUT2D eigenvalue weighted by Gasteiger charge is -2.18. The lowest BCUT2D eigenvalue weighted by Crippen LogP contribution is -2.20. The Morgan fingerprint density at radius 1 is 1.04 bits per heavy atom. The van der Waals surface area contributed by atoms with Crippen molar-refractivity contribution < 1.29 is 4.79 Å². The third-order valence-corrected chi connectivity index (χ3v) is 3.81. The minimum atomic E-state index is -0.248. The molecular formula is C20H20N4O. The van der Waals surface area contributed by atoms with Crippen molar-refractivity contribution >= 4 is 17.4 Å². The van der Waals surface area contributed by atoms with E-state index in [0.717, 1.165) is 11.3 Å². The molecule has 5 nitrogen and oxygen atoms in total. The van der Waals surface area contributed by atoms with Crippen LogP contribution < -0.4 is 10.2 Å². The van der Waals surface area contributed by atoms with E-state index in [0.29, 0.717) is 18.1 Å². The number of anilines is 2. The Morgan fingerprint density at radius 3 is 2.60 bits per heavy atom. The van der Waals surface area contributed by atoms with Gasteiger partial charge < -0.3 is 10.2 Å². The molecular weight excluding hydrogens is 312 g/mol. The highest BCUT2D eigenvalue weighted by molar-refractivity contribution is 6.03. The molecule has 5 heteroatoms. The minimum absolute atomic E-state index is 0.248. The Kier molecular flexibility index (Phi) is 5.04. The Labute approximate surface area is 147 Å². The van der Waals surface area contributed by atoms with Gasteiger partial charge in [-0.3, -0.25) is 4.79 Å². The Morgan fingerprint density at radius 2 is 1.84 bits per heavy atom. The van der Waals surface area contributed by atoms with Crippen LogP contribution in [0.5, 0.6) is 0 Å². The van der Waals surface area contributed by atoms with Gasteiger partial charge in [0.1, 0.15) is 17.8 Å². The minimum Gasteiger partial charge on any atom is -0.355 e. The molecule has 2 aromatic carbocycles. The molecule has 0 saturated carbocycles. The van der Waals surface area contributed by atoms with Crippen LogP contribution in [0.1, 0.15) is 21.6 Å². The van der Waals surface area contributed by atoms with Gasteiger partial charge >= 0.3 is 0 Å². The maximum absolute atomic E-state index is 12.4. The number of amides is 1. The van der Waals surface area contributed by atoms with Gasteiger partial charge in [0, 0.05) is 25.3 Å². The molecule has 0 radical (unpaired) electrons. The van der Waals surface area contributed by atoms with Gasteiger partial charge in [0.05, 0.1) is 0 Å². The SMILES string of the molecule is Cc1cccc(NC(=O)c2cc(N(C)Cc3ccccc3)ncn2)c1. The molecule has 0 aliphatic rings. The fourth-order valence-corrected chi connectivity index (χ4v) is 2.54. The highest BCUT2D eigenvalue weighted by atomic mass is 16.1. The molecule has 1 N–H and O–H groups in total. The maximum atomic E-state index is 12.4. The molecule has 1 aromatic heterocycles. The third-order valence-electron chi connectivity index (χ3n) is 3.81. The number of carbonyl (C=O) groups is 1. The van der Waals surface area contributed by atoms with Crippen molar-refractivity contribution in [3.63, 3.8) is 0 Å². The molecule has 0 bridgehead atoms. The predicted molar refractivity (Wildman–Crippen MR) is 99.7 cm³/mol. The largest absolute Gasteiger partial charge is 0.355 e. The topological polar surface area (TPSA) is 58.1 Å². The summed E-state index contributed by atoms with van der Waals surface area (Å²) in [6, 6.07) is 19.5. The van der Waals surface area contributed by atoms with Crippen LogP contribution in [0, 0.1) is 6.92 Å². The second-order valence-electron chi connectivity index (χ2n) is 5.93. The van der Waals surface area contributed by atoms with Crippen molar-refractivity contribution in [2.45, 2.75) is 13.5 Å². The standard InChI is InChI=1S/C20H20N4O/c1-15-7-6-10-17(11-15)23-20(25)18-12-19(22-14-21-18)24(2)13-16-8-4-3-5-9-16/h3-12,14H,13H2,1-2H3,(H,23,25). The van der Waals surface area contributed by atoms with Crippen LogP contribution in [0.3, 0.4) is 0 Å². The van der Waals surface area contributed by atoms with Gasteiger partial charge in [0.2, 0.25) is 0 Å². The monoisotopic (exact) mass is 332 g/mol. The Balaban J connectivity index is 1.73. The third kappa shape index (κ3) is 4.41. The molecule has 0 aliphatic heterocycles. The van der Waals surface area contributed by atoms with E-state index >= 15 is 0 Å². The van der Waals surface area contributed by atoms with Crippen LogP contribution in [0.4, 0.5) is 11.5 Å². The molecule has 0 saturated heterocycles. The highest BCUT2D eigenvalue weighted by Gasteiger charge is 2.11. The summed E-state index contributed by atoms with van der Waals surface area (Å²) >= 11 is 0. The van der Waals surface area contributed by atoms with Crippen LogP contribution in [-0.2, 0) is 6.54 Å². The van der Waals surface area contributed by atoms with E-state index in [1.807, 2.05) is 61.3 Å². The van der Waals surface area contributed by atoms with Crippen molar-refractivity contribution in [2.24, 2.45) is 0 Å². The number of hydrogen-bond donors (Lipinski definition) is 1. The van der Waals surface area contributed by atoms with Crippen molar-refractivity contribution in [3.8, 4) is 0 Å². The molecule has 3 rings (SSSR count).